The summed E-state index contributed by atoms with van der Waals surface area (Å²) < 4.78 is 27.3. The van der Waals surface area contributed by atoms with E-state index in [1.807, 2.05) is 18.2 Å². The Labute approximate surface area is 121 Å². The molecule has 0 radical (unpaired) electrons. The summed E-state index contributed by atoms with van der Waals surface area (Å²) in [6, 6.07) is 10.3. The molecule has 2 aliphatic rings. The number of piperidine rings is 1. The highest BCUT2D eigenvalue weighted by molar-refractivity contribution is 7.89. The Morgan fingerprint density at radius 1 is 1.15 bits per heavy atom. The third-order valence-electron chi connectivity index (χ3n) is 4.26. The van der Waals surface area contributed by atoms with Crippen molar-refractivity contribution in [2.75, 3.05) is 18.8 Å². The first-order valence-electron chi connectivity index (χ1n) is 7.40. The van der Waals surface area contributed by atoms with Crippen LogP contribution < -0.4 is 10.0 Å². The Hall–Kier alpha value is -0.910. The van der Waals surface area contributed by atoms with Crippen LogP contribution in [-0.2, 0) is 10.0 Å². The number of benzene rings is 1. The third-order valence-corrected chi connectivity index (χ3v) is 5.84. The van der Waals surface area contributed by atoms with Gasteiger partial charge in [-0.3, -0.25) is 0 Å². The van der Waals surface area contributed by atoms with Crippen LogP contribution in [0.1, 0.15) is 30.7 Å². The summed E-state index contributed by atoms with van der Waals surface area (Å²) >= 11 is 0. The Morgan fingerprint density at radius 3 is 2.55 bits per heavy atom. The zero-order valence-corrected chi connectivity index (χ0v) is 12.4. The maximum Gasteiger partial charge on any atom is 0.212 e. The second kappa shape index (κ2) is 5.84. The Balaban J connectivity index is 1.53. The second-order valence-electron chi connectivity index (χ2n) is 5.95. The van der Waals surface area contributed by atoms with E-state index in [0.717, 1.165) is 32.4 Å². The molecule has 20 heavy (non-hydrogen) atoms. The fourth-order valence-electron chi connectivity index (χ4n) is 3.03. The second-order valence-corrected chi connectivity index (χ2v) is 7.75. The monoisotopic (exact) mass is 294 g/mol. The minimum absolute atomic E-state index is 0.101. The van der Waals surface area contributed by atoms with Crippen molar-refractivity contribution < 1.29 is 8.42 Å². The van der Waals surface area contributed by atoms with Gasteiger partial charge in [0.2, 0.25) is 10.0 Å². The lowest BCUT2D eigenvalue weighted by Gasteiger charge is -2.22. The normalized spacial score (nSPS) is 27.4. The van der Waals surface area contributed by atoms with Gasteiger partial charge in [0.05, 0.1) is 5.75 Å². The van der Waals surface area contributed by atoms with Crippen LogP contribution in [0.25, 0.3) is 0 Å². The molecule has 2 fully saturated rings. The molecular formula is C15H22N2O2S. The van der Waals surface area contributed by atoms with Gasteiger partial charge in [-0.25, -0.2) is 13.1 Å². The van der Waals surface area contributed by atoms with Gasteiger partial charge in [0, 0.05) is 12.0 Å². The van der Waals surface area contributed by atoms with E-state index in [0.29, 0.717) is 11.8 Å². The van der Waals surface area contributed by atoms with E-state index in [1.165, 1.54) is 5.56 Å². The van der Waals surface area contributed by atoms with Crippen molar-refractivity contribution in [3.8, 4) is 0 Å². The van der Waals surface area contributed by atoms with Gasteiger partial charge in [-0.15, -0.1) is 0 Å². The van der Waals surface area contributed by atoms with Gasteiger partial charge in [0.15, 0.2) is 0 Å². The SMILES string of the molecule is O=S(=O)(CC1CCNCC1)NC1CC1c1ccccc1. The molecule has 110 valence electrons. The molecule has 2 unspecified atom stereocenters. The summed E-state index contributed by atoms with van der Waals surface area (Å²) in [7, 11) is -3.14. The average Bonchev–Trinajstić information content (AvgIpc) is 3.18. The van der Waals surface area contributed by atoms with Crippen molar-refractivity contribution in [1.29, 1.82) is 0 Å². The van der Waals surface area contributed by atoms with Gasteiger partial charge in [-0.05, 0) is 43.8 Å². The van der Waals surface area contributed by atoms with Gasteiger partial charge < -0.3 is 5.32 Å². The summed E-state index contributed by atoms with van der Waals surface area (Å²) in [5.41, 5.74) is 1.24. The molecule has 2 atom stereocenters. The Morgan fingerprint density at radius 2 is 1.85 bits per heavy atom. The molecule has 0 amide bonds. The topological polar surface area (TPSA) is 58.2 Å². The smallest absolute Gasteiger partial charge is 0.212 e. The van der Waals surface area contributed by atoms with Gasteiger partial charge in [-0.2, -0.15) is 0 Å². The van der Waals surface area contributed by atoms with Gasteiger partial charge in [-0.1, -0.05) is 30.3 Å². The lowest BCUT2D eigenvalue weighted by molar-refractivity contribution is 0.400. The molecule has 4 nitrogen and oxygen atoms in total. The summed E-state index contributed by atoms with van der Waals surface area (Å²) in [4.78, 5) is 0. The van der Waals surface area contributed by atoms with Crippen LogP contribution in [0.3, 0.4) is 0 Å². The van der Waals surface area contributed by atoms with Crippen molar-refractivity contribution in [3.05, 3.63) is 35.9 Å². The quantitative estimate of drug-likeness (QED) is 0.864. The first-order chi connectivity index (χ1) is 9.64. The molecule has 1 saturated carbocycles. The third kappa shape index (κ3) is 3.59. The zero-order chi connectivity index (χ0) is 14.0. The Kier molecular flexibility index (Phi) is 4.10. The van der Waals surface area contributed by atoms with Gasteiger partial charge >= 0.3 is 0 Å². The first-order valence-corrected chi connectivity index (χ1v) is 9.05. The maximum atomic E-state index is 12.2. The summed E-state index contributed by atoms with van der Waals surface area (Å²) in [5.74, 6) is 0.953. The van der Waals surface area contributed by atoms with Crippen molar-refractivity contribution in [3.63, 3.8) is 0 Å². The van der Waals surface area contributed by atoms with E-state index in [-0.39, 0.29) is 11.8 Å². The molecule has 1 aromatic rings. The van der Waals surface area contributed by atoms with Crippen molar-refractivity contribution >= 4 is 10.0 Å². The molecule has 1 aliphatic carbocycles. The number of sulfonamides is 1. The predicted molar refractivity (Wildman–Crippen MR) is 80.1 cm³/mol. The number of nitrogens with one attached hydrogen (secondary N) is 2. The lowest BCUT2D eigenvalue weighted by atomic mass is 10.0. The molecule has 2 N–H and O–H groups in total. The number of hydrogen-bond donors (Lipinski definition) is 2. The minimum atomic E-state index is -3.14. The van der Waals surface area contributed by atoms with Crippen molar-refractivity contribution in [1.82, 2.24) is 10.0 Å². The molecule has 1 saturated heterocycles. The summed E-state index contributed by atoms with van der Waals surface area (Å²) in [6.07, 6.45) is 2.86. The standard InChI is InChI=1S/C15H22N2O2S/c18-20(19,11-12-6-8-16-9-7-12)17-15-10-14(15)13-4-2-1-3-5-13/h1-5,12,14-17H,6-11H2. The number of rotatable bonds is 5. The lowest BCUT2D eigenvalue weighted by Crippen LogP contribution is -2.36. The average molecular weight is 294 g/mol. The summed E-state index contributed by atoms with van der Waals surface area (Å²) in [5, 5.41) is 3.27. The molecule has 0 bridgehead atoms. The van der Waals surface area contributed by atoms with Crippen LogP contribution in [0.15, 0.2) is 30.3 Å². The highest BCUT2D eigenvalue weighted by atomic mass is 32.2. The molecule has 3 rings (SSSR count). The van der Waals surface area contributed by atoms with E-state index in [9.17, 15) is 8.42 Å². The van der Waals surface area contributed by atoms with Crippen LogP contribution >= 0.6 is 0 Å². The molecule has 1 heterocycles. The number of hydrogen-bond acceptors (Lipinski definition) is 3. The van der Waals surface area contributed by atoms with E-state index in [2.05, 4.69) is 22.2 Å². The van der Waals surface area contributed by atoms with E-state index in [4.69, 9.17) is 0 Å². The molecule has 5 heteroatoms. The van der Waals surface area contributed by atoms with Gasteiger partial charge in [0.1, 0.15) is 0 Å². The minimum Gasteiger partial charge on any atom is -0.317 e. The van der Waals surface area contributed by atoms with Crippen LogP contribution in [-0.4, -0.2) is 33.3 Å². The van der Waals surface area contributed by atoms with Gasteiger partial charge in [0.25, 0.3) is 0 Å². The van der Waals surface area contributed by atoms with Crippen LogP contribution in [0.2, 0.25) is 0 Å². The van der Waals surface area contributed by atoms with E-state index >= 15 is 0 Å². The highest BCUT2D eigenvalue weighted by Crippen LogP contribution is 2.41. The molecule has 1 aromatic carbocycles. The predicted octanol–water partition coefficient (Wildman–Crippen LogP) is 1.46. The fourth-order valence-corrected chi connectivity index (χ4v) is 4.80. The van der Waals surface area contributed by atoms with E-state index in [1.54, 1.807) is 0 Å². The molecular weight excluding hydrogens is 272 g/mol. The van der Waals surface area contributed by atoms with Crippen molar-refractivity contribution in [2.24, 2.45) is 5.92 Å². The first kappa shape index (κ1) is 14.0. The molecule has 0 spiro atoms. The summed E-state index contributed by atoms with van der Waals surface area (Å²) in [6.45, 7) is 1.88. The maximum absolute atomic E-state index is 12.2. The zero-order valence-electron chi connectivity index (χ0n) is 11.6. The van der Waals surface area contributed by atoms with E-state index < -0.39 is 10.0 Å². The van der Waals surface area contributed by atoms with Crippen molar-refractivity contribution in [2.45, 2.75) is 31.2 Å². The van der Waals surface area contributed by atoms with Crippen LogP contribution in [0.4, 0.5) is 0 Å². The highest BCUT2D eigenvalue weighted by Gasteiger charge is 2.41. The largest absolute Gasteiger partial charge is 0.317 e. The molecule has 1 aliphatic heterocycles. The molecule has 0 aromatic heterocycles. The van der Waals surface area contributed by atoms with Crippen LogP contribution in [0, 0.1) is 5.92 Å². The fraction of sp³-hybridized carbons (Fsp3) is 0.600. The van der Waals surface area contributed by atoms with Crippen LogP contribution in [0.5, 0.6) is 0 Å². The Bertz CT molecular complexity index is 538.